The Morgan fingerprint density at radius 1 is 1.00 bits per heavy atom. The van der Waals surface area contributed by atoms with Gasteiger partial charge in [0.2, 0.25) is 10.0 Å². The minimum Gasteiger partial charge on any atom is -0.385 e. The lowest BCUT2D eigenvalue weighted by molar-refractivity contribution is 0.289. The molecule has 0 heterocycles. The predicted molar refractivity (Wildman–Crippen MR) is 89.0 cm³/mol. The molecule has 0 aliphatic rings. The number of hydrogen-bond donors (Lipinski definition) is 2. The lowest BCUT2D eigenvalue weighted by atomic mass is 9.86. The Labute approximate surface area is 129 Å². The van der Waals surface area contributed by atoms with Crippen LogP contribution in [0.1, 0.15) is 34.6 Å². The Kier molecular flexibility index (Phi) is 6.68. The van der Waals surface area contributed by atoms with Gasteiger partial charge in [0.1, 0.15) is 0 Å². The lowest BCUT2D eigenvalue weighted by Gasteiger charge is -2.25. The van der Waals surface area contributed by atoms with Gasteiger partial charge in [-0.3, -0.25) is 0 Å². The van der Waals surface area contributed by atoms with E-state index in [2.05, 4.69) is 37.7 Å². The Morgan fingerprint density at radius 2 is 1.52 bits per heavy atom. The summed E-state index contributed by atoms with van der Waals surface area (Å²) < 4.78 is 27.4. The summed E-state index contributed by atoms with van der Waals surface area (Å²) >= 11 is 0. The fourth-order valence-electron chi connectivity index (χ4n) is 2.49. The van der Waals surface area contributed by atoms with Gasteiger partial charge in [0.25, 0.3) is 0 Å². The van der Waals surface area contributed by atoms with E-state index in [1.165, 1.54) is 0 Å². The first-order valence-corrected chi connectivity index (χ1v) is 9.09. The standard InChI is InChI=1S/C16H28N2O2S/c1-6-17-14-7-9-15(10-8-14)21(19,20)18-11-16(12(2)3)13(4)5/h7-10,12-13,16-18H,6,11H2,1-5H3. The Hall–Kier alpha value is -1.07. The molecular weight excluding hydrogens is 284 g/mol. The highest BCUT2D eigenvalue weighted by atomic mass is 32.2. The van der Waals surface area contributed by atoms with Gasteiger partial charge >= 0.3 is 0 Å². The van der Waals surface area contributed by atoms with Crippen LogP contribution in [0.2, 0.25) is 0 Å². The predicted octanol–water partition coefficient (Wildman–Crippen LogP) is 3.32. The van der Waals surface area contributed by atoms with Crippen LogP contribution in [0.5, 0.6) is 0 Å². The lowest BCUT2D eigenvalue weighted by Crippen LogP contribution is -2.33. The number of hydrogen-bond acceptors (Lipinski definition) is 3. The van der Waals surface area contributed by atoms with Crippen LogP contribution in [0.15, 0.2) is 29.2 Å². The molecule has 5 heteroatoms. The van der Waals surface area contributed by atoms with Crippen molar-refractivity contribution < 1.29 is 8.42 Å². The molecule has 0 radical (unpaired) electrons. The third-order valence-corrected chi connectivity index (χ3v) is 5.21. The van der Waals surface area contributed by atoms with Crippen molar-refractivity contribution in [1.82, 2.24) is 4.72 Å². The van der Waals surface area contributed by atoms with Crippen molar-refractivity contribution >= 4 is 15.7 Å². The smallest absolute Gasteiger partial charge is 0.240 e. The molecule has 21 heavy (non-hydrogen) atoms. The average Bonchev–Trinajstić information content (AvgIpc) is 2.39. The maximum Gasteiger partial charge on any atom is 0.240 e. The largest absolute Gasteiger partial charge is 0.385 e. The van der Waals surface area contributed by atoms with E-state index in [0.717, 1.165) is 12.2 Å². The van der Waals surface area contributed by atoms with E-state index in [9.17, 15) is 8.42 Å². The average molecular weight is 312 g/mol. The Bertz CT molecular complexity index is 514. The summed E-state index contributed by atoms with van der Waals surface area (Å²) in [5.74, 6) is 1.23. The van der Waals surface area contributed by atoms with Gasteiger partial charge in [-0.05, 0) is 48.9 Å². The normalized spacial score (nSPS) is 12.4. The second-order valence-electron chi connectivity index (χ2n) is 6.06. The molecule has 1 aromatic carbocycles. The van der Waals surface area contributed by atoms with Gasteiger partial charge in [0.15, 0.2) is 0 Å². The number of rotatable bonds is 8. The van der Waals surface area contributed by atoms with Crippen molar-refractivity contribution in [2.75, 3.05) is 18.4 Å². The minimum absolute atomic E-state index is 0.315. The van der Waals surface area contributed by atoms with Crippen molar-refractivity contribution in [2.24, 2.45) is 17.8 Å². The highest BCUT2D eigenvalue weighted by molar-refractivity contribution is 7.89. The van der Waals surface area contributed by atoms with Crippen LogP contribution >= 0.6 is 0 Å². The summed E-state index contributed by atoms with van der Waals surface area (Å²) in [6.07, 6.45) is 0. The topological polar surface area (TPSA) is 58.2 Å². The molecule has 0 aromatic heterocycles. The quantitative estimate of drug-likeness (QED) is 0.774. The molecule has 120 valence electrons. The first-order valence-electron chi connectivity index (χ1n) is 7.61. The molecule has 0 atom stereocenters. The summed E-state index contributed by atoms with van der Waals surface area (Å²) in [6, 6.07) is 6.86. The summed E-state index contributed by atoms with van der Waals surface area (Å²) in [7, 11) is -3.43. The van der Waals surface area contributed by atoms with Crippen LogP contribution in [-0.4, -0.2) is 21.5 Å². The van der Waals surface area contributed by atoms with Gasteiger partial charge in [-0.15, -0.1) is 0 Å². The molecule has 0 spiro atoms. The van der Waals surface area contributed by atoms with Crippen LogP contribution in [0.4, 0.5) is 5.69 Å². The van der Waals surface area contributed by atoms with Crippen molar-refractivity contribution in [3.8, 4) is 0 Å². The van der Waals surface area contributed by atoms with Crippen LogP contribution < -0.4 is 10.0 Å². The Balaban J connectivity index is 2.77. The molecular formula is C16H28N2O2S. The number of sulfonamides is 1. The molecule has 1 aromatic rings. The molecule has 0 bridgehead atoms. The van der Waals surface area contributed by atoms with E-state index in [1.54, 1.807) is 24.3 Å². The van der Waals surface area contributed by atoms with E-state index in [-0.39, 0.29) is 0 Å². The van der Waals surface area contributed by atoms with Crippen LogP contribution in [0, 0.1) is 17.8 Å². The number of anilines is 1. The monoisotopic (exact) mass is 312 g/mol. The van der Waals surface area contributed by atoms with E-state index in [0.29, 0.717) is 29.2 Å². The molecule has 0 unspecified atom stereocenters. The number of benzene rings is 1. The van der Waals surface area contributed by atoms with Crippen molar-refractivity contribution in [2.45, 2.75) is 39.5 Å². The molecule has 0 amide bonds. The molecule has 0 aliphatic carbocycles. The van der Waals surface area contributed by atoms with Crippen LogP contribution in [0.25, 0.3) is 0 Å². The highest BCUT2D eigenvalue weighted by Crippen LogP contribution is 2.21. The van der Waals surface area contributed by atoms with Crippen LogP contribution in [-0.2, 0) is 10.0 Å². The van der Waals surface area contributed by atoms with E-state index < -0.39 is 10.0 Å². The molecule has 0 saturated carbocycles. The van der Waals surface area contributed by atoms with Crippen LogP contribution in [0.3, 0.4) is 0 Å². The molecule has 1 rings (SSSR count). The van der Waals surface area contributed by atoms with Gasteiger partial charge in [-0.2, -0.15) is 0 Å². The van der Waals surface area contributed by atoms with Gasteiger partial charge in [0, 0.05) is 18.8 Å². The maximum atomic E-state index is 12.3. The third kappa shape index (κ3) is 5.32. The maximum absolute atomic E-state index is 12.3. The third-order valence-electron chi connectivity index (χ3n) is 3.77. The van der Waals surface area contributed by atoms with E-state index >= 15 is 0 Å². The van der Waals surface area contributed by atoms with E-state index in [4.69, 9.17) is 0 Å². The fraction of sp³-hybridized carbons (Fsp3) is 0.625. The zero-order valence-corrected chi connectivity index (χ0v) is 14.5. The van der Waals surface area contributed by atoms with Gasteiger partial charge < -0.3 is 5.32 Å². The molecule has 0 aliphatic heterocycles. The molecule has 0 saturated heterocycles. The zero-order valence-electron chi connectivity index (χ0n) is 13.7. The second kappa shape index (κ2) is 7.80. The summed E-state index contributed by atoms with van der Waals surface area (Å²) in [5, 5.41) is 3.15. The molecule has 0 fully saturated rings. The second-order valence-corrected chi connectivity index (χ2v) is 7.83. The van der Waals surface area contributed by atoms with Gasteiger partial charge in [-0.25, -0.2) is 13.1 Å². The zero-order chi connectivity index (χ0) is 16.0. The Morgan fingerprint density at radius 3 is 1.95 bits per heavy atom. The first kappa shape index (κ1) is 18.0. The van der Waals surface area contributed by atoms with Crippen molar-refractivity contribution in [1.29, 1.82) is 0 Å². The summed E-state index contributed by atoms with van der Waals surface area (Å²) in [4.78, 5) is 0.315. The molecule has 4 nitrogen and oxygen atoms in total. The highest BCUT2D eigenvalue weighted by Gasteiger charge is 2.21. The van der Waals surface area contributed by atoms with Gasteiger partial charge in [0.05, 0.1) is 4.90 Å². The minimum atomic E-state index is -3.43. The van der Waals surface area contributed by atoms with E-state index in [1.807, 2.05) is 6.92 Å². The van der Waals surface area contributed by atoms with Crippen molar-refractivity contribution in [3.63, 3.8) is 0 Å². The number of nitrogens with one attached hydrogen (secondary N) is 2. The van der Waals surface area contributed by atoms with Crippen molar-refractivity contribution in [3.05, 3.63) is 24.3 Å². The summed E-state index contributed by atoms with van der Waals surface area (Å²) in [5.41, 5.74) is 0.929. The SMILES string of the molecule is CCNc1ccc(S(=O)(=O)NCC(C(C)C)C(C)C)cc1. The summed E-state index contributed by atoms with van der Waals surface area (Å²) in [6.45, 7) is 11.8. The first-order chi connectivity index (χ1) is 9.77. The molecule has 2 N–H and O–H groups in total. The van der Waals surface area contributed by atoms with Gasteiger partial charge in [-0.1, -0.05) is 27.7 Å². The fourth-order valence-corrected chi connectivity index (χ4v) is 3.56.